The highest BCUT2D eigenvalue weighted by atomic mass is 32.1. The fourth-order valence-electron chi connectivity index (χ4n) is 3.17. The highest BCUT2D eigenvalue weighted by Crippen LogP contribution is 2.31. The van der Waals surface area contributed by atoms with Gasteiger partial charge in [-0.1, -0.05) is 41.7 Å². The Balaban J connectivity index is 1.50. The molecule has 0 saturated carbocycles. The van der Waals surface area contributed by atoms with Gasteiger partial charge < -0.3 is 10.1 Å². The predicted octanol–water partition coefficient (Wildman–Crippen LogP) is 5.00. The van der Waals surface area contributed by atoms with E-state index >= 15 is 0 Å². The van der Waals surface area contributed by atoms with Gasteiger partial charge in [0.05, 0.1) is 28.7 Å². The maximum atomic E-state index is 5.32. The largest absolute Gasteiger partial charge is 0.497 e. The molecule has 8 heteroatoms. The molecule has 0 aliphatic heterocycles. The van der Waals surface area contributed by atoms with Crippen molar-refractivity contribution in [3.8, 4) is 22.1 Å². The standard InChI is InChI=1S/C22H18N6OS/c1-14-10-21(26-20-12-18(23-13-24-20)15-6-4-3-5-7-15)28(27-14)22-25-17-9-8-16(29-2)11-19(17)30-22/h3-13H,1-2H3,(H,23,24,26). The first-order valence-corrected chi connectivity index (χ1v) is 10.2. The number of thiazole rings is 1. The van der Waals surface area contributed by atoms with Gasteiger partial charge in [-0.15, -0.1) is 0 Å². The second-order valence-corrected chi connectivity index (χ2v) is 7.70. The minimum Gasteiger partial charge on any atom is -0.497 e. The van der Waals surface area contributed by atoms with Crippen LogP contribution in [0.15, 0.2) is 67.0 Å². The Morgan fingerprint density at radius 1 is 1.00 bits per heavy atom. The molecular weight excluding hydrogens is 396 g/mol. The van der Waals surface area contributed by atoms with E-state index in [4.69, 9.17) is 9.72 Å². The maximum absolute atomic E-state index is 5.32. The molecule has 30 heavy (non-hydrogen) atoms. The van der Waals surface area contributed by atoms with Gasteiger partial charge in [-0.3, -0.25) is 0 Å². The molecule has 0 saturated heterocycles. The molecule has 5 aromatic rings. The highest BCUT2D eigenvalue weighted by molar-refractivity contribution is 7.20. The summed E-state index contributed by atoms with van der Waals surface area (Å²) in [7, 11) is 1.66. The summed E-state index contributed by atoms with van der Waals surface area (Å²) in [5.74, 6) is 2.28. The number of nitrogens with one attached hydrogen (secondary N) is 1. The molecule has 3 heterocycles. The molecule has 0 atom stereocenters. The van der Waals surface area contributed by atoms with Gasteiger partial charge in [0.25, 0.3) is 0 Å². The Bertz CT molecular complexity index is 1330. The smallest absolute Gasteiger partial charge is 0.213 e. The Morgan fingerprint density at radius 3 is 2.70 bits per heavy atom. The van der Waals surface area contributed by atoms with Gasteiger partial charge in [-0.05, 0) is 25.1 Å². The number of aryl methyl sites for hydroxylation is 1. The Labute approximate surface area is 177 Å². The van der Waals surface area contributed by atoms with Crippen molar-refractivity contribution in [2.24, 2.45) is 0 Å². The van der Waals surface area contributed by atoms with Crippen molar-refractivity contribution in [2.45, 2.75) is 6.92 Å². The van der Waals surface area contributed by atoms with E-state index in [9.17, 15) is 0 Å². The van der Waals surface area contributed by atoms with E-state index in [0.717, 1.165) is 43.9 Å². The van der Waals surface area contributed by atoms with Crippen LogP contribution in [0.3, 0.4) is 0 Å². The molecular formula is C22H18N6OS. The maximum Gasteiger partial charge on any atom is 0.213 e. The number of benzene rings is 2. The molecule has 0 spiro atoms. The number of nitrogens with zero attached hydrogens (tertiary/aromatic N) is 5. The van der Waals surface area contributed by atoms with Gasteiger partial charge in [0, 0.05) is 17.7 Å². The van der Waals surface area contributed by atoms with Crippen molar-refractivity contribution in [1.29, 1.82) is 0 Å². The zero-order chi connectivity index (χ0) is 20.5. The monoisotopic (exact) mass is 414 g/mol. The van der Waals surface area contributed by atoms with E-state index in [1.807, 2.05) is 67.6 Å². The van der Waals surface area contributed by atoms with Gasteiger partial charge in [0.2, 0.25) is 5.13 Å². The van der Waals surface area contributed by atoms with Gasteiger partial charge in [-0.25, -0.2) is 15.0 Å². The lowest BCUT2D eigenvalue weighted by molar-refractivity contribution is 0.415. The minimum atomic E-state index is 0.688. The van der Waals surface area contributed by atoms with Crippen molar-refractivity contribution < 1.29 is 4.74 Å². The van der Waals surface area contributed by atoms with Crippen molar-refractivity contribution >= 4 is 33.2 Å². The number of rotatable bonds is 5. The molecule has 0 unspecified atom stereocenters. The quantitative estimate of drug-likeness (QED) is 0.436. The summed E-state index contributed by atoms with van der Waals surface area (Å²) < 4.78 is 8.16. The molecule has 0 radical (unpaired) electrons. The molecule has 0 bridgehead atoms. The van der Waals surface area contributed by atoms with Gasteiger partial charge >= 0.3 is 0 Å². The van der Waals surface area contributed by atoms with Crippen LogP contribution >= 0.6 is 11.3 Å². The van der Waals surface area contributed by atoms with Crippen LogP contribution in [-0.2, 0) is 0 Å². The summed E-state index contributed by atoms with van der Waals surface area (Å²) in [5, 5.41) is 8.75. The zero-order valence-electron chi connectivity index (χ0n) is 16.4. The summed E-state index contributed by atoms with van der Waals surface area (Å²) in [6.45, 7) is 1.95. The van der Waals surface area contributed by atoms with Crippen LogP contribution in [0.2, 0.25) is 0 Å². The fraction of sp³-hybridized carbons (Fsp3) is 0.0909. The van der Waals surface area contributed by atoms with E-state index in [1.165, 1.54) is 0 Å². The number of hydrogen-bond donors (Lipinski definition) is 1. The van der Waals surface area contributed by atoms with Gasteiger partial charge in [0.1, 0.15) is 23.7 Å². The Morgan fingerprint density at radius 2 is 1.87 bits per heavy atom. The number of hydrogen-bond acceptors (Lipinski definition) is 7. The van der Waals surface area contributed by atoms with Crippen LogP contribution in [0.4, 0.5) is 11.6 Å². The normalized spacial score (nSPS) is 11.0. The average Bonchev–Trinajstić information content (AvgIpc) is 3.36. The molecule has 0 fully saturated rings. The summed E-state index contributed by atoms with van der Waals surface area (Å²) in [6, 6.07) is 19.7. The van der Waals surface area contributed by atoms with Crippen LogP contribution < -0.4 is 10.1 Å². The van der Waals surface area contributed by atoms with Gasteiger partial charge in [0.15, 0.2) is 0 Å². The van der Waals surface area contributed by atoms with E-state index in [0.29, 0.717) is 5.82 Å². The molecule has 148 valence electrons. The lowest BCUT2D eigenvalue weighted by Crippen LogP contribution is -2.03. The van der Waals surface area contributed by atoms with Crippen LogP contribution in [0.5, 0.6) is 5.75 Å². The summed E-state index contributed by atoms with van der Waals surface area (Å²) in [4.78, 5) is 13.5. The van der Waals surface area contributed by atoms with E-state index in [1.54, 1.807) is 29.5 Å². The lowest BCUT2D eigenvalue weighted by atomic mass is 10.1. The number of ether oxygens (including phenoxy) is 1. The van der Waals surface area contributed by atoms with Crippen LogP contribution in [0.25, 0.3) is 26.6 Å². The third-order valence-corrected chi connectivity index (χ3v) is 5.58. The first-order valence-electron chi connectivity index (χ1n) is 9.36. The topological polar surface area (TPSA) is 77.8 Å². The highest BCUT2D eigenvalue weighted by Gasteiger charge is 2.14. The zero-order valence-corrected chi connectivity index (χ0v) is 17.2. The van der Waals surface area contributed by atoms with Crippen LogP contribution in [-0.4, -0.2) is 31.8 Å². The van der Waals surface area contributed by atoms with Crippen molar-refractivity contribution in [2.75, 3.05) is 12.4 Å². The molecule has 5 rings (SSSR count). The first kappa shape index (κ1) is 18.3. The second kappa shape index (κ2) is 7.57. The van der Waals surface area contributed by atoms with Crippen molar-refractivity contribution in [1.82, 2.24) is 24.7 Å². The van der Waals surface area contributed by atoms with Crippen LogP contribution in [0.1, 0.15) is 5.69 Å². The second-order valence-electron chi connectivity index (χ2n) is 6.69. The average molecular weight is 414 g/mol. The van der Waals surface area contributed by atoms with Crippen molar-refractivity contribution in [3.63, 3.8) is 0 Å². The SMILES string of the molecule is COc1ccc2nc(-n3nc(C)cc3Nc3cc(-c4ccccc4)ncn3)sc2c1. The number of fused-ring (bicyclic) bond motifs is 1. The lowest BCUT2D eigenvalue weighted by Gasteiger charge is -2.08. The molecule has 1 N–H and O–H groups in total. The van der Waals surface area contributed by atoms with E-state index < -0.39 is 0 Å². The van der Waals surface area contributed by atoms with E-state index in [-0.39, 0.29) is 0 Å². The molecule has 7 nitrogen and oxygen atoms in total. The molecule has 0 aliphatic rings. The molecule has 0 aliphatic carbocycles. The number of methoxy groups -OCH3 is 1. The fourth-order valence-corrected chi connectivity index (χ4v) is 4.13. The Hall–Kier alpha value is -3.78. The molecule has 2 aromatic carbocycles. The predicted molar refractivity (Wildman–Crippen MR) is 119 cm³/mol. The van der Waals surface area contributed by atoms with Gasteiger partial charge in [-0.2, -0.15) is 9.78 Å². The number of anilines is 2. The third kappa shape index (κ3) is 3.48. The van der Waals surface area contributed by atoms with E-state index in [2.05, 4.69) is 20.4 Å². The minimum absolute atomic E-state index is 0.688. The molecule has 3 aromatic heterocycles. The third-order valence-electron chi connectivity index (χ3n) is 4.59. The van der Waals surface area contributed by atoms with Crippen molar-refractivity contribution in [3.05, 3.63) is 72.7 Å². The summed E-state index contributed by atoms with van der Waals surface area (Å²) in [5.41, 5.74) is 3.67. The first-order chi connectivity index (χ1) is 14.7. The number of aromatic nitrogens is 5. The molecule has 0 amide bonds. The van der Waals surface area contributed by atoms with Crippen LogP contribution in [0, 0.1) is 6.92 Å². The Kier molecular flexibility index (Phi) is 4.61. The summed E-state index contributed by atoms with van der Waals surface area (Å²) >= 11 is 1.55. The summed E-state index contributed by atoms with van der Waals surface area (Å²) in [6.07, 6.45) is 1.56.